The van der Waals surface area contributed by atoms with E-state index in [9.17, 15) is 9.59 Å². The van der Waals surface area contributed by atoms with E-state index in [4.69, 9.17) is 4.74 Å². The van der Waals surface area contributed by atoms with Gasteiger partial charge in [0.1, 0.15) is 5.92 Å². The molecule has 0 aromatic heterocycles. The minimum absolute atomic E-state index is 0.0701. The van der Waals surface area contributed by atoms with Gasteiger partial charge in [-0.25, -0.2) is 0 Å². The molecule has 0 aromatic carbocycles. The number of Topliss-reactive ketones (excluding diaryl/α,β-unsaturated/α-hetero) is 1. The van der Waals surface area contributed by atoms with Crippen molar-refractivity contribution in [1.29, 1.82) is 0 Å². The van der Waals surface area contributed by atoms with Crippen molar-refractivity contribution in [3.8, 4) is 0 Å². The maximum Gasteiger partial charge on any atom is 0.318 e. The van der Waals surface area contributed by atoms with Gasteiger partial charge in [-0.2, -0.15) is 0 Å². The van der Waals surface area contributed by atoms with Crippen LogP contribution in [0.2, 0.25) is 0 Å². The highest BCUT2D eigenvalue weighted by Gasteiger charge is 2.41. The maximum absolute atomic E-state index is 11.7. The summed E-state index contributed by atoms with van der Waals surface area (Å²) in [5.41, 5.74) is 0. The van der Waals surface area contributed by atoms with Crippen molar-refractivity contribution in [2.24, 2.45) is 11.8 Å². The topological polar surface area (TPSA) is 52.6 Å². The molecule has 0 N–H and O–H groups in total. The van der Waals surface area contributed by atoms with Crippen LogP contribution in [-0.2, 0) is 19.1 Å². The highest BCUT2D eigenvalue weighted by atomic mass is 16.5. The van der Waals surface area contributed by atoms with E-state index in [2.05, 4.69) is 4.74 Å². The largest absolute Gasteiger partial charge is 0.468 e. The fourth-order valence-corrected chi connectivity index (χ4v) is 1.83. The third kappa shape index (κ3) is 2.56. The first-order chi connectivity index (χ1) is 6.97. The fourth-order valence-electron chi connectivity index (χ4n) is 1.83. The third-order valence-corrected chi connectivity index (χ3v) is 2.81. The Hall–Kier alpha value is -0.900. The second-order valence-electron chi connectivity index (χ2n) is 4.29. The van der Waals surface area contributed by atoms with Gasteiger partial charge in [0.15, 0.2) is 5.78 Å². The van der Waals surface area contributed by atoms with Crippen LogP contribution in [0.3, 0.4) is 0 Å². The van der Waals surface area contributed by atoms with E-state index in [1.54, 1.807) is 6.92 Å². The molecule has 86 valence electrons. The molecular weight excluding hydrogens is 196 g/mol. The second-order valence-corrected chi connectivity index (χ2v) is 4.29. The zero-order valence-electron chi connectivity index (χ0n) is 9.65. The first kappa shape index (κ1) is 12.2. The van der Waals surface area contributed by atoms with Crippen molar-refractivity contribution >= 4 is 11.8 Å². The zero-order chi connectivity index (χ0) is 11.6. The lowest BCUT2D eigenvalue weighted by Gasteiger charge is -2.33. The van der Waals surface area contributed by atoms with Crippen LogP contribution < -0.4 is 0 Å². The van der Waals surface area contributed by atoms with Crippen molar-refractivity contribution < 1.29 is 19.1 Å². The molecule has 1 rings (SSSR count). The number of methoxy groups -OCH3 is 1. The lowest BCUT2D eigenvalue weighted by atomic mass is 9.87. The molecule has 0 radical (unpaired) electrons. The van der Waals surface area contributed by atoms with Gasteiger partial charge in [0, 0.05) is 6.42 Å². The van der Waals surface area contributed by atoms with Gasteiger partial charge in [-0.15, -0.1) is 0 Å². The smallest absolute Gasteiger partial charge is 0.318 e. The summed E-state index contributed by atoms with van der Waals surface area (Å²) in [5.74, 6) is -1.02. The van der Waals surface area contributed by atoms with Crippen molar-refractivity contribution in [3.05, 3.63) is 0 Å². The minimum Gasteiger partial charge on any atom is -0.468 e. The number of esters is 1. The zero-order valence-corrected chi connectivity index (χ0v) is 9.65. The summed E-state index contributed by atoms with van der Waals surface area (Å²) < 4.78 is 10.2. The van der Waals surface area contributed by atoms with E-state index in [1.165, 1.54) is 7.11 Å². The molecule has 4 heteroatoms. The Morgan fingerprint density at radius 2 is 2.13 bits per heavy atom. The summed E-state index contributed by atoms with van der Waals surface area (Å²) in [6, 6.07) is 0. The van der Waals surface area contributed by atoms with E-state index < -0.39 is 11.9 Å². The molecule has 3 atom stereocenters. The number of carbonyl (C=O) groups is 2. The number of carbonyl (C=O) groups excluding carboxylic acids is 2. The van der Waals surface area contributed by atoms with Crippen LogP contribution in [0.1, 0.15) is 27.2 Å². The Bertz CT molecular complexity index is 259. The highest BCUT2D eigenvalue weighted by molar-refractivity contribution is 6.00. The average Bonchev–Trinajstić information content (AvgIpc) is 2.16. The van der Waals surface area contributed by atoms with Crippen LogP contribution in [0.25, 0.3) is 0 Å². The molecule has 0 unspecified atom stereocenters. The van der Waals surface area contributed by atoms with Gasteiger partial charge in [-0.05, 0) is 12.8 Å². The molecule has 1 aliphatic rings. The molecule has 1 aliphatic heterocycles. The quantitative estimate of drug-likeness (QED) is 0.511. The lowest BCUT2D eigenvalue weighted by Crippen LogP contribution is -2.46. The van der Waals surface area contributed by atoms with Crippen molar-refractivity contribution in [3.63, 3.8) is 0 Å². The minimum atomic E-state index is -0.745. The normalized spacial score (nSPS) is 31.8. The van der Waals surface area contributed by atoms with Gasteiger partial charge in [-0.1, -0.05) is 13.8 Å². The number of ether oxygens (including phenoxy) is 2. The molecule has 1 fully saturated rings. The van der Waals surface area contributed by atoms with Crippen molar-refractivity contribution in [2.75, 3.05) is 7.11 Å². The Kier molecular flexibility index (Phi) is 3.85. The molecule has 0 aliphatic carbocycles. The molecule has 0 bridgehead atoms. The summed E-state index contributed by atoms with van der Waals surface area (Å²) in [5, 5.41) is 0. The third-order valence-electron chi connectivity index (χ3n) is 2.81. The van der Waals surface area contributed by atoms with Crippen LogP contribution in [0.5, 0.6) is 0 Å². The Morgan fingerprint density at radius 3 is 2.53 bits per heavy atom. The fraction of sp³-hybridized carbons (Fsp3) is 0.818. The first-order valence-corrected chi connectivity index (χ1v) is 5.23. The first-order valence-electron chi connectivity index (χ1n) is 5.23. The molecule has 4 nitrogen and oxygen atoms in total. The predicted molar refractivity (Wildman–Crippen MR) is 54.3 cm³/mol. The Balaban J connectivity index is 2.73. The number of hydrogen-bond acceptors (Lipinski definition) is 4. The van der Waals surface area contributed by atoms with Gasteiger partial charge in [0.05, 0.1) is 19.3 Å². The van der Waals surface area contributed by atoms with Crippen LogP contribution in [0, 0.1) is 11.8 Å². The number of hydrogen-bond donors (Lipinski definition) is 0. The molecule has 1 saturated heterocycles. The number of rotatable bonds is 2. The summed E-state index contributed by atoms with van der Waals surface area (Å²) >= 11 is 0. The summed E-state index contributed by atoms with van der Waals surface area (Å²) in [6.45, 7) is 5.75. The van der Waals surface area contributed by atoms with Crippen molar-refractivity contribution in [2.45, 2.75) is 39.4 Å². The maximum atomic E-state index is 11.7. The van der Waals surface area contributed by atoms with Gasteiger partial charge in [0.2, 0.25) is 0 Å². The van der Waals surface area contributed by atoms with E-state index in [-0.39, 0.29) is 23.9 Å². The molecular formula is C11H18O4. The van der Waals surface area contributed by atoms with Crippen LogP contribution in [-0.4, -0.2) is 31.1 Å². The highest BCUT2D eigenvalue weighted by Crippen LogP contribution is 2.26. The molecule has 0 spiro atoms. The van der Waals surface area contributed by atoms with E-state index >= 15 is 0 Å². The molecule has 15 heavy (non-hydrogen) atoms. The predicted octanol–water partition coefficient (Wildman–Crippen LogP) is 1.18. The van der Waals surface area contributed by atoms with E-state index in [0.29, 0.717) is 6.42 Å². The van der Waals surface area contributed by atoms with Crippen LogP contribution in [0.15, 0.2) is 0 Å². The lowest BCUT2D eigenvalue weighted by molar-refractivity contribution is -0.167. The molecule has 0 aromatic rings. The number of ketones is 1. The summed E-state index contributed by atoms with van der Waals surface area (Å²) in [4.78, 5) is 23.1. The van der Waals surface area contributed by atoms with Crippen molar-refractivity contribution in [1.82, 2.24) is 0 Å². The van der Waals surface area contributed by atoms with Crippen LogP contribution >= 0.6 is 0 Å². The van der Waals surface area contributed by atoms with Gasteiger partial charge in [-0.3, -0.25) is 9.59 Å². The van der Waals surface area contributed by atoms with Gasteiger partial charge >= 0.3 is 5.97 Å². The SMILES string of the molecule is COC(=O)[C@@H]1C(=O)C[C@@H](C(C)C)O[C@H]1C. The van der Waals surface area contributed by atoms with Crippen LogP contribution in [0.4, 0.5) is 0 Å². The van der Waals surface area contributed by atoms with Gasteiger partial charge < -0.3 is 9.47 Å². The Labute approximate surface area is 89.9 Å². The average molecular weight is 214 g/mol. The monoisotopic (exact) mass is 214 g/mol. The second kappa shape index (κ2) is 4.75. The molecule has 0 saturated carbocycles. The standard InChI is InChI=1S/C11H18O4/c1-6(2)9-5-8(12)10(7(3)15-9)11(13)14-4/h6-7,9-10H,5H2,1-4H3/t7-,9-,10-/m0/s1. The van der Waals surface area contributed by atoms with E-state index in [1.807, 2.05) is 13.8 Å². The Morgan fingerprint density at radius 1 is 1.53 bits per heavy atom. The summed E-state index contributed by atoms with van der Waals surface area (Å²) in [6.07, 6.45) is -0.151. The summed E-state index contributed by atoms with van der Waals surface area (Å²) in [7, 11) is 1.29. The molecule has 0 amide bonds. The van der Waals surface area contributed by atoms with E-state index in [0.717, 1.165) is 0 Å². The van der Waals surface area contributed by atoms with Gasteiger partial charge in [0.25, 0.3) is 0 Å². The molecule has 1 heterocycles.